The molecule has 3 atom stereocenters. The van der Waals surface area contributed by atoms with Gasteiger partial charge in [0.1, 0.15) is 0 Å². The molecular formula is C12H13FN2O2. The number of carbonyl (C=O) groups excluding carboxylic acids is 1. The van der Waals surface area contributed by atoms with Crippen LogP contribution in [-0.4, -0.2) is 29.1 Å². The van der Waals surface area contributed by atoms with Crippen molar-refractivity contribution in [1.82, 2.24) is 10.3 Å². The van der Waals surface area contributed by atoms with Crippen LogP contribution in [-0.2, 0) is 4.74 Å². The van der Waals surface area contributed by atoms with Crippen LogP contribution in [0.25, 0.3) is 0 Å². The first-order valence-electron chi connectivity index (χ1n) is 5.81. The number of ether oxygens (including phenoxy) is 1. The zero-order valence-corrected chi connectivity index (χ0v) is 9.23. The van der Waals surface area contributed by atoms with Crippen molar-refractivity contribution in [3.05, 3.63) is 29.8 Å². The quantitative estimate of drug-likeness (QED) is 0.787. The summed E-state index contributed by atoms with van der Waals surface area (Å²) < 4.78 is 18.9. The van der Waals surface area contributed by atoms with Crippen LogP contribution in [0.15, 0.2) is 18.3 Å². The summed E-state index contributed by atoms with van der Waals surface area (Å²) in [7, 11) is 0. The fourth-order valence-corrected chi connectivity index (χ4v) is 2.59. The Morgan fingerprint density at radius 2 is 2.41 bits per heavy atom. The molecule has 90 valence electrons. The van der Waals surface area contributed by atoms with Crippen LogP contribution in [0.2, 0.25) is 0 Å². The van der Waals surface area contributed by atoms with E-state index in [4.69, 9.17) is 4.74 Å². The second kappa shape index (κ2) is 4.07. The number of pyridine rings is 1. The van der Waals surface area contributed by atoms with Crippen molar-refractivity contribution in [2.45, 2.75) is 37.5 Å². The Balaban J connectivity index is 1.70. The molecule has 3 heterocycles. The molecule has 4 nitrogen and oxygen atoms in total. The fraction of sp³-hybridized carbons (Fsp3) is 0.500. The van der Waals surface area contributed by atoms with Crippen molar-refractivity contribution in [2.24, 2.45) is 0 Å². The SMILES string of the molecule is O=C(NC1CC2CCC1O2)c1cccnc1F. The lowest BCUT2D eigenvalue weighted by atomic mass is 9.95. The van der Waals surface area contributed by atoms with E-state index >= 15 is 0 Å². The third-order valence-corrected chi connectivity index (χ3v) is 3.43. The maximum Gasteiger partial charge on any atom is 0.256 e. The molecule has 1 aromatic rings. The van der Waals surface area contributed by atoms with Crippen molar-refractivity contribution >= 4 is 5.91 Å². The first-order chi connectivity index (χ1) is 8.24. The zero-order chi connectivity index (χ0) is 11.8. The average molecular weight is 236 g/mol. The van der Waals surface area contributed by atoms with E-state index in [1.807, 2.05) is 0 Å². The Bertz CT molecular complexity index is 452. The van der Waals surface area contributed by atoms with Gasteiger partial charge >= 0.3 is 0 Å². The summed E-state index contributed by atoms with van der Waals surface area (Å²) in [6.45, 7) is 0. The smallest absolute Gasteiger partial charge is 0.256 e. The number of carbonyl (C=O) groups is 1. The number of fused-ring (bicyclic) bond motifs is 2. The molecule has 1 aromatic heterocycles. The maximum atomic E-state index is 13.3. The van der Waals surface area contributed by atoms with Crippen LogP contribution in [0.5, 0.6) is 0 Å². The third-order valence-electron chi connectivity index (χ3n) is 3.43. The third kappa shape index (κ3) is 1.91. The van der Waals surface area contributed by atoms with Gasteiger partial charge in [0.05, 0.1) is 23.8 Å². The van der Waals surface area contributed by atoms with Crippen LogP contribution in [0.3, 0.4) is 0 Å². The van der Waals surface area contributed by atoms with Crippen LogP contribution < -0.4 is 5.32 Å². The second-order valence-corrected chi connectivity index (χ2v) is 4.53. The van der Waals surface area contributed by atoms with Crippen molar-refractivity contribution in [3.8, 4) is 0 Å². The number of amides is 1. The van der Waals surface area contributed by atoms with Gasteiger partial charge in [-0.15, -0.1) is 0 Å². The number of rotatable bonds is 2. The van der Waals surface area contributed by atoms with Crippen LogP contribution in [0.1, 0.15) is 29.6 Å². The molecule has 2 bridgehead atoms. The minimum Gasteiger partial charge on any atom is -0.373 e. The Morgan fingerprint density at radius 3 is 3.06 bits per heavy atom. The van der Waals surface area contributed by atoms with E-state index in [-0.39, 0.29) is 23.8 Å². The van der Waals surface area contributed by atoms with Crippen LogP contribution >= 0.6 is 0 Å². The molecule has 0 spiro atoms. The highest BCUT2D eigenvalue weighted by atomic mass is 19.1. The van der Waals surface area contributed by atoms with E-state index in [9.17, 15) is 9.18 Å². The number of aromatic nitrogens is 1. The summed E-state index contributed by atoms with van der Waals surface area (Å²) in [5, 5.41) is 2.82. The summed E-state index contributed by atoms with van der Waals surface area (Å²) in [6, 6.07) is 3.00. The monoisotopic (exact) mass is 236 g/mol. The van der Waals surface area contributed by atoms with Gasteiger partial charge < -0.3 is 10.1 Å². The van der Waals surface area contributed by atoms with E-state index in [2.05, 4.69) is 10.3 Å². The zero-order valence-electron chi connectivity index (χ0n) is 9.23. The predicted molar refractivity (Wildman–Crippen MR) is 58.0 cm³/mol. The minimum atomic E-state index is -0.728. The van der Waals surface area contributed by atoms with Gasteiger partial charge in [-0.1, -0.05) is 0 Å². The number of halogens is 1. The fourth-order valence-electron chi connectivity index (χ4n) is 2.59. The van der Waals surface area contributed by atoms with Gasteiger partial charge in [-0.05, 0) is 31.4 Å². The van der Waals surface area contributed by atoms with Crippen molar-refractivity contribution in [1.29, 1.82) is 0 Å². The van der Waals surface area contributed by atoms with Crippen molar-refractivity contribution in [3.63, 3.8) is 0 Å². The first kappa shape index (κ1) is 10.7. The molecule has 0 aromatic carbocycles. The Kier molecular flexibility index (Phi) is 2.55. The minimum absolute atomic E-state index is 0.00438. The lowest BCUT2D eigenvalue weighted by Crippen LogP contribution is -2.41. The van der Waals surface area contributed by atoms with Gasteiger partial charge in [0.2, 0.25) is 5.95 Å². The highest BCUT2D eigenvalue weighted by Crippen LogP contribution is 2.34. The molecule has 0 saturated carbocycles. The summed E-state index contributed by atoms with van der Waals surface area (Å²) in [5.41, 5.74) is -0.00438. The maximum absolute atomic E-state index is 13.3. The molecule has 2 fully saturated rings. The van der Waals surface area contributed by atoms with Gasteiger partial charge in [-0.2, -0.15) is 4.39 Å². The van der Waals surface area contributed by atoms with Crippen molar-refractivity contribution in [2.75, 3.05) is 0 Å². The number of nitrogens with zero attached hydrogens (tertiary/aromatic N) is 1. The molecule has 3 rings (SSSR count). The van der Waals surface area contributed by atoms with Gasteiger partial charge in [0.15, 0.2) is 0 Å². The average Bonchev–Trinajstić information content (AvgIpc) is 2.91. The molecule has 5 heteroatoms. The molecule has 2 saturated heterocycles. The van der Waals surface area contributed by atoms with Gasteiger partial charge in [-0.25, -0.2) is 4.98 Å². The molecule has 3 unspecified atom stereocenters. The summed E-state index contributed by atoms with van der Waals surface area (Å²) in [4.78, 5) is 15.3. The largest absolute Gasteiger partial charge is 0.373 e. The van der Waals surface area contributed by atoms with Crippen LogP contribution in [0, 0.1) is 5.95 Å². The van der Waals surface area contributed by atoms with E-state index in [0.717, 1.165) is 19.3 Å². The Labute approximate surface area is 98.2 Å². The van der Waals surface area contributed by atoms with E-state index in [1.54, 1.807) is 6.07 Å². The number of hydrogen-bond donors (Lipinski definition) is 1. The van der Waals surface area contributed by atoms with Crippen molar-refractivity contribution < 1.29 is 13.9 Å². The molecule has 1 amide bonds. The topological polar surface area (TPSA) is 51.2 Å². The normalized spacial score (nSPS) is 30.5. The molecule has 17 heavy (non-hydrogen) atoms. The summed E-state index contributed by atoms with van der Waals surface area (Å²) in [5.74, 6) is -1.13. The highest BCUT2D eigenvalue weighted by molar-refractivity contribution is 5.94. The molecule has 1 N–H and O–H groups in total. The Hall–Kier alpha value is -1.49. The van der Waals surface area contributed by atoms with Gasteiger partial charge in [0, 0.05) is 6.20 Å². The lowest BCUT2D eigenvalue weighted by Gasteiger charge is -2.19. The van der Waals surface area contributed by atoms with Crippen LogP contribution in [0.4, 0.5) is 4.39 Å². The molecule has 2 aliphatic heterocycles. The summed E-state index contributed by atoms with van der Waals surface area (Å²) in [6.07, 6.45) is 4.57. The molecular weight excluding hydrogens is 223 g/mol. The predicted octanol–water partition coefficient (Wildman–Crippen LogP) is 1.27. The van der Waals surface area contributed by atoms with Gasteiger partial charge in [-0.3, -0.25) is 4.79 Å². The van der Waals surface area contributed by atoms with E-state index < -0.39 is 11.9 Å². The summed E-state index contributed by atoms with van der Waals surface area (Å²) >= 11 is 0. The highest BCUT2D eigenvalue weighted by Gasteiger charge is 2.41. The first-order valence-corrected chi connectivity index (χ1v) is 5.81. The Morgan fingerprint density at radius 1 is 1.53 bits per heavy atom. The standard InChI is InChI=1S/C12H13FN2O2/c13-11-8(2-1-5-14-11)12(16)15-9-6-7-3-4-10(9)17-7/h1-2,5,7,9-10H,3-4,6H2,(H,15,16). The molecule has 0 aliphatic carbocycles. The second-order valence-electron chi connectivity index (χ2n) is 4.53. The number of nitrogens with one attached hydrogen (secondary N) is 1. The lowest BCUT2D eigenvalue weighted by molar-refractivity contribution is 0.0837. The van der Waals surface area contributed by atoms with E-state index in [0.29, 0.717) is 0 Å². The van der Waals surface area contributed by atoms with E-state index in [1.165, 1.54) is 12.3 Å². The van der Waals surface area contributed by atoms with Gasteiger partial charge in [0.25, 0.3) is 5.91 Å². The number of hydrogen-bond acceptors (Lipinski definition) is 3. The molecule has 0 radical (unpaired) electrons. The molecule has 2 aliphatic rings.